The van der Waals surface area contributed by atoms with Crippen molar-refractivity contribution in [3.8, 4) is 5.75 Å². The molecule has 0 bridgehead atoms. The lowest BCUT2D eigenvalue weighted by Crippen LogP contribution is -2.43. The van der Waals surface area contributed by atoms with Gasteiger partial charge in [0.2, 0.25) is 5.60 Å². The molecule has 1 aliphatic heterocycles. The Bertz CT molecular complexity index is 437. The summed E-state index contributed by atoms with van der Waals surface area (Å²) in [5.41, 5.74) is -0.265. The lowest BCUT2D eigenvalue weighted by molar-refractivity contribution is -0.151. The van der Waals surface area contributed by atoms with Crippen molar-refractivity contribution < 1.29 is 14.6 Å². The second-order valence-electron chi connectivity index (χ2n) is 3.92. The van der Waals surface area contributed by atoms with E-state index in [4.69, 9.17) is 4.74 Å². The first kappa shape index (κ1) is 10.7. The molecule has 0 fully saturated rings. The average molecular weight is 218 g/mol. The summed E-state index contributed by atoms with van der Waals surface area (Å²) in [5, 5.41) is 9.27. The third kappa shape index (κ3) is 1.69. The Morgan fingerprint density at radius 1 is 1.44 bits per heavy atom. The van der Waals surface area contributed by atoms with Crippen molar-refractivity contribution in [2.24, 2.45) is 0 Å². The minimum atomic E-state index is -1.19. The fourth-order valence-electron chi connectivity index (χ4n) is 1.89. The summed E-state index contributed by atoms with van der Waals surface area (Å²) in [4.78, 5) is 11.3. The fraction of sp³-hybridized carbons (Fsp3) is 0.308. The highest BCUT2D eigenvalue weighted by Crippen LogP contribution is 2.33. The van der Waals surface area contributed by atoms with Crippen LogP contribution in [0.2, 0.25) is 0 Å². The molecule has 1 unspecified atom stereocenters. The quantitative estimate of drug-likeness (QED) is 0.848. The highest BCUT2D eigenvalue weighted by Gasteiger charge is 2.39. The number of fused-ring (bicyclic) bond motifs is 1. The second-order valence-corrected chi connectivity index (χ2v) is 3.92. The molecule has 3 heteroatoms. The van der Waals surface area contributed by atoms with Crippen LogP contribution in [-0.2, 0) is 4.79 Å². The van der Waals surface area contributed by atoms with Crippen molar-refractivity contribution in [2.45, 2.75) is 25.4 Å². The van der Waals surface area contributed by atoms with Gasteiger partial charge in [0.25, 0.3) is 0 Å². The molecule has 1 N–H and O–H groups in total. The number of hydrogen-bond acceptors (Lipinski definition) is 2. The second kappa shape index (κ2) is 4.00. The standard InChI is InChI=1S/C13H14O3/c1-2-8-13(12(14)15)9-7-10-5-3-4-6-11(10)16-13/h3-7,9H,2,8H2,1H3,(H,14,15). The van der Waals surface area contributed by atoms with Gasteiger partial charge in [-0.15, -0.1) is 0 Å². The van der Waals surface area contributed by atoms with Crippen molar-refractivity contribution >= 4 is 12.0 Å². The van der Waals surface area contributed by atoms with Crippen molar-refractivity contribution in [3.63, 3.8) is 0 Å². The van der Waals surface area contributed by atoms with Gasteiger partial charge in [0, 0.05) is 12.0 Å². The molecule has 0 aliphatic carbocycles. The minimum Gasteiger partial charge on any atom is -0.478 e. The number of ether oxygens (including phenoxy) is 1. The molecule has 1 atom stereocenters. The number of carboxylic acids is 1. The first-order valence-electron chi connectivity index (χ1n) is 5.38. The molecule has 0 spiro atoms. The van der Waals surface area contributed by atoms with Crippen LogP contribution in [0.5, 0.6) is 5.75 Å². The van der Waals surface area contributed by atoms with Gasteiger partial charge in [0.15, 0.2) is 0 Å². The number of para-hydroxylation sites is 1. The van der Waals surface area contributed by atoms with Crippen LogP contribution in [0.1, 0.15) is 25.3 Å². The van der Waals surface area contributed by atoms with Gasteiger partial charge in [-0.3, -0.25) is 0 Å². The molecule has 1 aromatic carbocycles. The van der Waals surface area contributed by atoms with Crippen molar-refractivity contribution in [3.05, 3.63) is 35.9 Å². The molecule has 0 aromatic heterocycles. The summed E-state index contributed by atoms with van der Waals surface area (Å²) in [6.07, 6.45) is 4.70. The van der Waals surface area contributed by atoms with E-state index in [-0.39, 0.29) is 0 Å². The monoisotopic (exact) mass is 218 g/mol. The van der Waals surface area contributed by atoms with Crippen LogP contribution in [0, 0.1) is 0 Å². The average Bonchev–Trinajstić information content (AvgIpc) is 2.29. The predicted molar refractivity (Wildman–Crippen MR) is 61.4 cm³/mol. The Morgan fingerprint density at radius 3 is 2.88 bits per heavy atom. The van der Waals surface area contributed by atoms with E-state index >= 15 is 0 Å². The summed E-state index contributed by atoms with van der Waals surface area (Å²) in [7, 11) is 0. The van der Waals surface area contributed by atoms with E-state index in [0.717, 1.165) is 12.0 Å². The number of rotatable bonds is 3. The summed E-state index contributed by atoms with van der Waals surface area (Å²) >= 11 is 0. The van der Waals surface area contributed by atoms with Gasteiger partial charge in [-0.1, -0.05) is 37.6 Å². The molecule has 0 saturated heterocycles. The highest BCUT2D eigenvalue weighted by molar-refractivity contribution is 5.84. The Morgan fingerprint density at radius 2 is 2.19 bits per heavy atom. The summed E-state index contributed by atoms with van der Waals surface area (Å²) in [6.45, 7) is 1.95. The maximum Gasteiger partial charge on any atom is 0.352 e. The Hall–Kier alpha value is -1.77. The minimum absolute atomic E-state index is 0.479. The number of carbonyl (C=O) groups is 1. The van der Waals surface area contributed by atoms with Gasteiger partial charge in [-0.05, 0) is 12.1 Å². The molecular weight excluding hydrogens is 204 g/mol. The van der Waals surface area contributed by atoms with Gasteiger partial charge in [-0.2, -0.15) is 0 Å². The molecule has 16 heavy (non-hydrogen) atoms. The Labute approximate surface area is 94.4 Å². The van der Waals surface area contributed by atoms with Gasteiger partial charge >= 0.3 is 5.97 Å². The zero-order valence-electron chi connectivity index (χ0n) is 9.14. The van der Waals surface area contributed by atoms with Crippen LogP contribution in [0.4, 0.5) is 0 Å². The molecule has 0 amide bonds. The molecule has 1 aromatic rings. The van der Waals surface area contributed by atoms with Crippen molar-refractivity contribution in [1.82, 2.24) is 0 Å². The van der Waals surface area contributed by atoms with Crippen LogP contribution in [-0.4, -0.2) is 16.7 Å². The largest absolute Gasteiger partial charge is 0.478 e. The zero-order chi connectivity index (χ0) is 11.6. The summed E-state index contributed by atoms with van der Waals surface area (Å²) < 4.78 is 5.64. The number of benzene rings is 1. The lowest BCUT2D eigenvalue weighted by Gasteiger charge is -2.30. The number of hydrogen-bond donors (Lipinski definition) is 1. The number of aliphatic carboxylic acids is 1. The van der Waals surface area contributed by atoms with Crippen LogP contribution < -0.4 is 4.74 Å². The van der Waals surface area contributed by atoms with E-state index < -0.39 is 11.6 Å². The van der Waals surface area contributed by atoms with Gasteiger partial charge in [0.1, 0.15) is 5.75 Å². The van der Waals surface area contributed by atoms with Gasteiger partial charge in [0.05, 0.1) is 0 Å². The summed E-state index contributed by atoms with van der Waals surface area (Å²) in [5.74, 6) is -0.291. The molecular formula is C13H14O3. The molecule has 0 saturated carbocycles. The van der Waals surface area contributed by atoms with E-state index in [2.05, 4.69) is 0 Å². The van der Waals surface area contributed by atoms with Crippen LogP contribution in [0.25, 0.3) is 6.08 Å². The summed E-state index contributed by atoms with van der Waals surface area (Å²) in [6, 6.07) is 7.45. The van der Waals surface area contributed by atoms with Crippen LogP contribution in [0.15, 0.2) is 30.3 Å². The third-order valence-electron chi connectivity index (χ3n) is 2.73. The molecule has 2 rings (SSSR count). The predicted octanol–water partition coefficient (Wildman–Crippen LogP) is 2.72. The normalized spacial score (nSPS) is 22.3. The first-order chi connectivity index (χ1) is 7.68. The Balaban J connectivity index is 2.39. The van der Waals surface area contributed by atoms with E-state index in [1.54, 1.807) is 12.1 Å². The lowest BCUT2D eigenvalue weighted by atomic mass is 9.93. The maximum absolute atomic E-state index is 11.3. The third-order valence-corrected chi connectivity index (χ3v) is 2.73. The van der Waals surface area contributed by atoms with Crippen LogP contribution >= 0.6 is 0 Å². The van der Waals surface area contributed by atoms with Gasteiger partial charge < -0.3 is 9.84 Å². The zero-order valence-corrected chi connectivity index (χ0v) is 9.14. The SMILES string of the molecule is CCCC1(C(=O)O)C=Cc2ccccc2O1. The molecule has 3 nitrogen and oxygen atoms in total. The van der Waals surface area contributed by atoms with E-state index in [0.29, 0.717) is 12.2 Å². The maximum atomic E-state index is 11.3. The molecule has 1 aliphatic rings. The smallest absolute Gasteiger partial charge is 0.352 e. The van der Waals surface area contributed by atoms with Crippen LogP contribution in [0.3, 0.4) is 0 Å². The molecule has 84 valence electrons. The van der Waals surface area contributed by atoms with E-state index in [1.807, 2.05) is 31.2 Å². The molecule has 1 heterocycles. The van der Waals surface area contributed by atoms with Crippen molar-refractivity contribution in [2.75, 3.05) is 0 Å². The van der Waals surface area contributed by atoms with Gasteiger partial charge in [-0.25, -0.2) is 4.79 Å². The van der Waals surface area contributed by atoms with E-state index in [9.17, 15) is 9.90 Å². The Kier molecular flexibility index (Phi) is 2.69. The topological polar surface area (TPSA) is 46.5 Å². The van der Waals surface area contributed by atoms with Crippen molar-refractivity contribution in [1.29, 1.82) is 0 Å². The first-order valence-corrected chi connectivity index (χ1v) is 5.38. The number of carboxylic acid groups (broad SMARTS) is 1. The van der Waals surface area contributed by atoms with E-state index in [1.165, 1.54) is 0 Å². The highest BCUT2D eigenvalue weighted by atomic mass is 16.5. The molecule has 0 radical (unpaired) electrons. The fourth-order valence-corrected chi connectivity index (χ4v) is 1.89.